The number of β-amino-alcohol motifs (C(OH)–C–C–N with tert-alkyl or cyclic N) is 1. The van der Waals surface area contributed by atoms with Gasteiger partial charge in [-0.3, -0.25) is 14.6 Å². The van der Waals surface area contributed by atoms with Crippen LogP contribution in [0.5, 0.6) is 5.75 Å². The molecule has 2 aromatic carbocycles. The molecule has 2 atom stereocenters. The van der Waals surface area contributed by atoms with Crippen LogP contribution in [-0.2, 0) is 9.47 Å². The maximum atomic E-state index is 13.4. The molecule has 9 heteroatoms. The molecule has 0 radical (unpaired) electrons. The van der Waals surface area contributed by atoms with Crippen LogP contribution in [0.2, 0.25) is 0 Å². The lowest BCUT2D eigenvalue weighted by Crippen LogP contribution is -2.52. The number of benzene rings is 2. The van der Waals surface area contributed by atoms with Crippen LogP contribution in [0.4, 0.5) is 4.39 Å². The standard InChI is InChI=1S/C28H38FN3O5/c1-22-2-4-23(5-3-22)28(34)32(11-10-30-12-15-35-16-13-30)20-27-19-31(14-17-36-27)18-25(33)21-37-26-8-6-24(29)7-9-26/h2-9,25,27,33H,10-21H2,1H3/t25-,27-/m0/s1. The zero-order chi connectivity index (χ0) is 26.0. The van der Waals surface area contributed by atoms with Gasteiger partial charge in [0, 0.05) is 57.9 Å². The summed E-state index contributed by atoms with van der Waals surface area (Å²) in [6, 6.07) is 13.4. The van der Waals surface area contributed by atoms with E-state index in [0.29, 0.717) is 50.6 Å². The quantitative estimate of drug-likeness (QED) is 0.491. The second-order valence-electron chi connectivity index (χ2n) is 9.74. The van der Waals surface area contributed by atoms with E-state index in [-0.39, 0.29) is 24.4 Å². The minimum Gasteiger partial charge on any atom is -0.491 e. The summed E-state index contributed by atoms with van der Waals surface area (Å²) in [6.07, 6.45) is -0.853. The molecular formula is C28H38FN3O5. The second-order valence-corrected chi connectivity index (χ2v) is 9.74. The van der Waals surface area contributed by atoms with E-state index in [4.69, 9.17) is 14.2 Å². The largest absolute Gasteiger partial charge is 0.491 e. The average Bonchev–Trinajstić information content (AvgIpc) is 2.91. The van der Waals surface area contributed by atoms with Gasteiger partial charge in [-0.25, -0.2) is 4.39 Å². The molecule has 0 unspecified atom stereocenters. The van der Waals surface area contributed by atoms with Crippen LogP contribution in [0.1, 0.15) is 15.9 Å². The highest BCUT2D eigenvalue weighted by Gasteiger charge is 2.27. The Bertz CT molecular complexity index is 969. The van der Waals surface area contributed by atoms with Crippen molar-refractivity contribution in [2.45, 2.75) is 19.1 Å². The zero-order valence-corrected chi connectivity index (χ0v) is 21.6. The van der Waals surface area contributed by atoms with Gasteiger partial charge < -0.3 is 24.2 Å². The van der Waals surface area contributed by atoms with Crippen LogP contribution in [0.25, 0.3) is 0 Å². The van der Waals surface area contributed by atoms with Crippen LogP contribution in [0, 0.1) is 12.7 Å². The molecule has 2 heterocycles. The minimum atomic E-state index is -0.699. The van der Waals surface area contributed by atoms with Crippen molar-refractivity contribution in [2.24, 2.45) is 0 Å². The van der Waals surface area contributed by atoms with E-state index < -0.39 is 6.10 Å². The van der Waals surface area contributed by atoms with E-state index in [9.17, 15) is 14.3 Å². The maximum absolute atomic E-state index is 13.4. The molecule has 8 nitrogen and oxygen atoms in total. The van der Waals surface area contributed by atoms with Gasteiger partial charge in [-0.05, 0) is 43.3 Å². The predicted molar refractivity (Wildman–Crippen MR) is 138 cm³/mol. The molecule has 202 valence electrons. The summed E-state index contributed by atoms with van der Waals surface area (Å²) in [6.45, 7) is 9.47. The van der Waals surface area contributed by atoms with Crippen LogP contribution in [-0.4, -0.2) is 117 Å². The van der Waals surface area contributed by atoms with Gasteiger partial charge in [0.05, 0.1) is 25.9 Å². The molecule has 1 N–H and O–H groups in total. The fourth-order valence-electron chi connectivity index (χ4n) is 4.62. The van der Waals surface area contributed by atoms with E-state index in [2.05, 4.69) is 9.80 Å². The molecule has 2 aliphatic heterocycles. The highest BCUT2D eigenvalue weighted by atomic mass is 19.1. The molecular weight excluding hydrogens is 477 g/mol. The van der Waals surface area contributed by atoms with Gasteiger partial charge in [0.15, 0.2) is 0 Å². The van der Waals surface area contributed by atoms with Crippen LogP contribution < -0.4 is 4.74 Å². The van der Waals surface area contributed by atoms with Crippen molar-refractivity contribution >= 4 is 5.91 Å². The Kier molecular flexibility index (Phi) is 10.3. The molecule has 2 aliphatic rings. The van der Waals surface area contributed by atoms with Crippen molar-refractivity contribution in [2.75, 3.05) is 78.8 Å². The van der Waals surface area contributed by atoms with Crippen molar-refractivity contribution in [3.05, 3.63) is 65.5 Å². The Labute approximate surface area is 218 Å². The number of ether oxygens (including phenoxy) is 3. The monoisotopic (exact) mass is 515 g/mol. The molecule has 0 bridgehead atoms. The van der Waals surface area contributed by atoms with Crippen LogP contribution in [0.15, 0.2) is 48.5 Å². The van der Waals surface area contributed by atoms with Crippen LogP contribution >= 0.6 is 0 Å². The molecule has 1 amide bonds. The van der Waals surface area contributed by atoms with Gasteiger partial charge in [0.2, 0.25) is 0 Å². The molecule has 2 saturated heterocycles. The van der Waals surface area contributed by atoms with Crippen LogP contribution in [0.3, 0.4) is 0 Å². The Morgan fingerprint density at radius 3 is 2.51 bits per heavy atom. The smallest absolute Gasteiger partial charge is 0.253 e. The third-order valence-corrected chi connectivity index (χ3v) is 6.75. The van der Waals surface area contributed by atoms with Crippen molar-refractivity contribution < 1.29 is 28.5 Å². The summed E-state index contributed by atoms with van der Waals surface area (Å²) < 4.78 is 30.2. The van der Waals surface area contributed by atoms with E-state index >= 15 is 0 Å². The third kappa shape index (κ3) is 8.76. The summed E-state index contributed by atoms with van der Waals surface area (Å²) in [5, 5.41) is 10.5. The fourth-order valence-corrected chi connectivity index (χ4v) is 4.62. The van der Waals surface area contributed by atoms with Gasteiger partial charge in [0.1, 0.15) is 24.3 Å². The SMILES string of the molecule is Cc1ccc(C(=O)N(CCN2CCOCC2)C[C@@H]2CN(C[C@H](O)COc3ccc(F)cc3)CCO2)cc1. The van der Waals surface area contributed by atoms with Crippen molar-refractivity contribution in [3.63, 3.8) is 0 Å². The molecule has 2 aromatic rings. The first-order chi connectivity index (χ1) is 18.0. The van der Waals surface area contributed by atoms with Crippen molar-refractivity contribution in [1.82, 2.24) is 14.7 Å². The third-order valence-electron chi connectivity index (χ3n) is 6.75. The van der Waals surface area contributed by atoms with Gasteiger partial charge in [-0.15, -0.1) is 0 Å². The lowest BCUT2D eigenvalue weighted by Gasteiger charge is -2.37. The summed E-state index contributed by atoms with van der Waals surface area (Å²) in [5.41, 5.74) is 1.79. The normalized spacial score (nSPS) is 19.9. The number of hydrogen-bond acceptors (Lipinski definition) is 7. The summed E-state index contributed by atoms with van der Waals surface area (Å²) >= 11 is 0. The molecule has 0 spiro atoms. The number of carbonyl (C=O) groups is 1. The number of nitrogens with zero attached hydrogens (tertiary/aromatic N) is 3. The molecule has 0 saturated carbocycles. The lowest BCUT2D eigenvalue weighted by molar-refractivity contribution is -0.0545. The number of amides is 1. The number of halogens is 1. The van der Waals surface area contributed by atoms with Gasteiger partial charge in [-0.1, -0.05) is 17.7 Å². The number of hydrogen-bond donors (Lipinski definition) is 1. The Morgan fingerprint density at radius 2 is 1.78 bits per heavy atom. The zero-order valence-electron chi connectivity index (χ0n) is 21.6. The number of rotatable bonds is 11. The number of aryl methyl sites for hydroxylation is 1. The predicted octanol–water partition coefficient (Wildman–Crippen LogP) is 2.05. The minimum absolute atomic E-state index is 0.00159. The number of morpholine rings is 2. The average molecular weight is 516 g/mol. The summed E-state index contributed by atoms with van der Waals surface area (Å²) in [5.74, 6) is 0.194. The highest BCUT2D eigenvalue weighted by molar-refractivity contribution is 5.94. The van der Waals surface area contributed by atoms with Gasteiger partial charge in [-0.2, -0.15) is 0 Å². The molecule has 0 aliphatic carbocycles. The van der Waals surface area contributed by atoms with Gasteiger partial charge in [0.25, 0.3) is 5.91 Å². The fraction of sp³-hybridized carbons (Fsp3) is 0.536. The van der Waals surface area contributed by atoms with E-state index in [0.717, 1.165) is 38.4 Å². The maximum Gasteiger partial charge on any atom is 0.253 e. The molecule has 2 fully saturated rings. The van der Waals surface area contributed by atoms with E-state index in [1.54, 1.807) is 12.1 Å². The molecule has 4 rings (SSSR count). The van der Waals surface area contributed by atoms with Gasteiger partial charge >= 0.3 is 0 Å². The Balaban J connectivity index is 1.31. The van der Waals surface area contributed by atoms with E-state index in [1.165, 1.54) is 12.1 Å². The number of aliphatic hydroxyl groups excluding tert-OH is 1. The Hall–Kier alpha value is -2.56. The first-order valence-corrected chi connectivity index (χ1v) is 13.0. The molecule has 0 aromatic heterocycles. The first kappa shape index (κ1) is 27.5. The summed E-state index contributed by atoms with van der Waals surface area (Å²) in [7, 11) is 0. The molecule has 37 heavy (non-hydrogen) atoms. The first-order valence-electron chi connectivity index (χ1n) is 13.0. The topological polar surface area (TPSA) is 74.7 Å². The lowest BCUT2D eigenvalue weighted by atomic mass is 10.1. The highest BCUT2D eigenvalue weighted by Crippen LogP contribution is 2.14. The van der Waals surface area contributed by atoms with Crippen molar-refractivity contribution in [3.8, 4) is 5.75 Å². The number of aliphatic hydroxyl groups is 1. The second kappa shape index (κ2) is 13.8. The van der Waals surface area contributed by atoms with E-state index in [1.807, 2.05) is 36.1 Å². The number of carbonyl (C=O) groups excluding carboxylic acids is 1. The Morgan fingerprint density at radius 1 is 1.08 bits per heavy atom. The summed E-state index contributed by atoms with van der Waals surface area (Å²) in [4.78, 5) is 19.8. The van der Waals surface area contributed by atoms with Crippen molar-refractivity contribution in [1.29, 1.82) is 0 Å².